The van der Waals surface area contributed by atoms with E-state index in [2.05, 4.69) is 5.32 Å². The Hall–Kier alpha value is -2.36. The van der Waals surface area contributed by atoms with Crippen molar-refractivity contribution in [3.05, 3.63) is 42.5 Å². The molecular weight excluding hydrogens is 290 g/mol. The zero-order chi connectivity index (χ0) is 15.6. The lowest BCUT2D eigenvalue weighted by atomic mass is 9.79. The van der Waals surface area contributed by atoms with E-state index in [1.165, 1.54) is 0 Å². The Balaban J connectivity index is 1.41. The van der Waals surface area contributed by atoms with Crippen molar-refractivity contribution in [3.8, 4) is 0 Å². The summed E-state index contributed by atoms with van der Waals surface area (Å²) in [5.74, 6) is -0.0903. The molecule has 116 valence electrons. The highest BCUT2D eigenvalue weighted by Crippen LogP contribution is 2.57. The molecule has 1 aliphatic heterocycles. The molecule has 1 amide bonds. The molecule has 23 heavy (non-hydrogen) atoms. The molecule has 1 heterocycles. The van der Waals surface area contributed by atoms with E-state index in [1.807, 2.05) is 42.5 Å². The van der Waals surface area contributed by atoms with Crippen LogP contribution in [0.1, 0.15) is 12.8 Å². The zero-order valence-electron chi connectivity index (χ0n) is 12.6. The third-order valence-electron chi connectivity index (χ3n) is 5.80. The molecule has 5 atom stereocenters. The summed E-state index contributed by atoms with van der Waals surface area (Å²) in [6.45, 7) is 0. The number of ether oxygens (including phenoxy) is 1. The number of nitrogens with one attached hydrogen (secondary N) is 1. The molecule has 4 nitrogen and oxygen atoms in total. The van der Waals surface area contributed by atoms with E-state index in [4.69, 9.17) is 4.74 Å². The molecule has 0 unspecified atom stereocenters. The van der Waals surface area contributed by atoms with Gasteiger partial charge in [-0.3, -0.25) is 9.59 Å². The van der Waals surface area contributed by atoms with Crippen LogP contribution in [0.4, 0.5) is 5.69 Å². The quantitative estimate of drug-likeness (QED) is 0.868. The predicted octanol–water partition coefficient (Wildman–Crippen LogP) is 2.98. The summed E-state index contributed by atoms with van der Waals surface area (Å²) >= 11 is 0. The van der Waals surface area contributed by atoms with Crippen molar-refractivity contribution in [3.63, 3.8) is 0 Å². The molecule has 3 aliphatic rings. The first-order valence-electron chi connectivity index (χ1n) is 8.21. The zero-order valence-corrected chi connectivity index (χ0v) is 12.6. The van der Waals surface area contributed by atoms with Gasteiger partial charge in [-0.05, 0) is 41.7 Å². The van der Waals surface area contributed by atoms with Crippen LogP contribution in [0.25, 0.3) is 10.8 Å². The lowest BCUT2D eigenvalue weighted by molar-refractivity contribution is -0.145. The lowest BCUT2D eigenvalue weighted by Crippen LogP contribution is -2.35. The Labute approximate surface area is 133 Å². The van der Waals surface area contributed by atoms with Crippen LogP contribution in [0.3, 0.4) is 0 Å². The van der Waals surface area contributed by atoms with E-state index in [-0.39, 0.29) is 35.7 Å². The maximum absolute atomic E-state index is 12.8. The maximum atomic E-state index is 12.8. The van der Waals surface area contributed by atoms with Gasteiger partial charge in [-0.2, -0.15) is 0 Å². The van der Waals surface area contributed by atoms with Gasteiger partial charge >= 0.3 is 5.97 Å². The minimum atomic E-state index is -0.224. The van der Waals surface area contributed by atoms with E-state index in [9.17, 15) is 9.59 Å². The van der Waals surface area contributed by atoms with E-state index in [0.717, 1.165) is 29.3 Å². The third kappa shape index (κ3) is 1.84. The van der Waals surface area contributed by atoms with Crippen LogP contribution >= 0.6 is 0 Å². The normalized spacial score (nSPS) is 33.9. The monoisotopic (exact) mass is 307 g/mol. The van der Waals surface area contributed by atoms with E-state index >= 15 is 0 Å². The molecule has 2 aromatic carbocycles. The number of amides is 1. The molecule has 1 saturated heterocycles. The first-order valence-corrected chi connectivity index (χ1v) is 8.21. The van der Waals surface area contributed by atoms with E-state index in [1.54, 1.807) is 0 Å². The van der Waals surface area contributed by atoms with Gasteiger partial charge < -0.3 is 10.1 Å². The number of hydrogen-bond donors (Lipinski definition) is 1. The van der Waals surface area contributed by atoms with E-state index < -0.39 is 0 Å². The van der Waals surface area contributed by atoms with Gasteiger partial charge in [0.05, 0.1) is 11.8 Å². The Morgan fingerprint density at radius 1 is 1.09 bits per heavy atom. The van der Waals surface area contributed by atoms with Gasteiger partial charge in [-0.25, -0.2) is 0 Å². The second-order valence-corrected chi connectivity index (χ2v) is 6.97. The molecule has 0 radical (unpaired) electrons. The van der Waals surface area contributed by atoms with Gasteiger partial charge in [0.2, 0.25) is 5.91 Å². The number of rotatable bonds is 2. The minimum Gasteiger partial charge on any atom is -0.462 e. The fraction of sp³-hybridized carbons (Fsp3) is 0.368. The highest BCUT2D eigenvalue weighted by molar-refractivity contribution is 5.98. The summed E-state index contributed by atoms with van der Waals surface area (Å²) in [6.07, 6.45) is 1.88. The highest BCUT2D eigenvalue weighted by Gasteiger charge is 2.63. The Morgan fingerprint density at radius 2 is 1.91 bits per heavy atom. The van der Waals surface area contributed by atoms with Gasteiger partial charge in [0.25, 0.3) is 0 Å². The summed E-state index contributed by atoms with van der Waals surface area (Å²) in [7, 11) is 0. The average Bonchev–Trinajstić information content (AvgIpc) is 3.16. The fourth-order valence-electron chi connectivity index (χ4n) is 4.86. The van der Waals surface area contributed by atoms with Crippen molar-refractivity contribution in [1.82, 2.24) is 0 Å². The first-order chi connectivity index (χ1) is 11.2. The number of anilines is 1. The van der Waals surface area contributed by atoms with Crippen LogP contribution in [0.2, 0.25) is 0 Å². The SMILES string of the molecule is O=C(Nc1ccc2ccccc2c1)[C@@H]1[C@@H]2C[C@@H]3[C@H]1C(=O)O[C@H]3C2. The average molecular weight is 307 g/mol. The molecule has 2 aliphatic carbocycles. The highest BCUT2D eigenvalue weighted by atomic mass is 16.6. The second-order valence-electron chi connectivity index (χ2n) is 6.97. The number of fused-ring (bicyclic) bond motifs is 2. The van der Waals surface area contributed by atoms with Crippen LogP contribution < -0.4 is 5.32 Å². The lowest BCUT2D eigenvalue weighted by Gasteiger charge is -2.23. The Bertz CT molecular complexity index is 828. The van der Waals surface area contributed by atoms with E-state index in [0.29, 0.717) is 5.92 Å². The summed E-state index contributed by atoms with van der Waals surface area (Å²) in [6, 6.07) is 14.0. The minimum absolute atomic E-state index is 0.0323. The molecule has 4 heteroatoms. The Morgan fingerprint density at radius 3 is 2.78 bits per heavy atom. The summed E-state index contributed by atoms with van der Waals surface area (Å²) in [5.41, 5.74) is 0.791. The second kappa shape index (κ2) is 4.57. The van der Waals surface area contributed by atoms with Crippen LogP contribution in [0, 0.1) is 23.7 Å². The number of carbonyl (C=O) groups excluding carboxylic acids is 2. The molecule has 3 fully saturated rings. The summed E-state index contributed by atoms with van der Waals surface area (Å²) in [4.78, 5) is 24.8. The molecule has 5 rings (SSSR count). The van der Waals surface area contributed by atoms with Crippen LogP contribution in [0.5, 0.6) is 0 Å². The maximum Gasteiger partial charge on any atom is 0.310 e. The smallest absolute Gasteiger partial charge is 0.310 e. The summed E-state index contributed by atoms with van der Waals surface area (Å²) < 4.78 is 5.41. The number of esters is 1. The first kappa shape index (κ1) is 13.1. The van der Waals surface area contributed by atoms with Crippen molar-refractivity contribution >= 4 is 28.3 Å². The largest absolute Gasteiger partial charge is 0.462 e. The van der Waals surface area contributed by atoms with Crippen LogP contribution in [0.15, 0.2) is 42.5 Å². The Kier molecular flexibility index (Phi) is 2.61. The van der Waals surface area contributed by atoms with Gasteiger partial charge in [-0.1, -0.05) is 30.3 Å². The summed E-state index contributed by atoms with van der Waals surface area (Å²) in [5, 5.41) is 5.26. The van der Waals surface area contributed by atoms with Crippen LogP contribution in [-0.4, -0.2) is 18.0 Å². The van der Waals surface area contributed by atoms with Gasteiger partial charge in [0.15, 0.2) is 0 Å². The van der Waals surface area contributed by atoms with Crippen molar-refractivity contribution in [2.24, 2.45) is 23.7 Å². The number of benzene rings is 2. The van der Waals surface area contributed by atoms with Crippen molar-refractivity contribution in [1.29, 1.82) is 0 Å². The fourth-order valence-corrected chi connectivity index (χ4v) is 4.86. The molecule has 0 aromatic heterocycles. The van der Waals surface area contributed by atoms with Gasteiger partial charge in [0, 0.05) is 11.6 Å². The van der Waals surface area contributed by atoms with Crippen LogP contribution in [-0.2, 0) is 14.3 Å². The standard InChI is InChI=1S/C19H17NO3/c21-18(16-12-8-14-15(9-12)23-19(22)17(14)16)20-13-6-5-10-3-1-2-4-11(10)7-13/h1-7,12,14-17H,8-9H2,(H,20,21)/t12-,14+,15+,16-,17-/m1/s1. The predicted molar refractivity (Wildman–Crippen MR) is 85.7 cm³/mol. The molecule has 1 N–H and O–H groups in total. The molecule has 2 saturated carbocycles. The molecule has 0 spiro atoms. The third-order valence-corrected chi connectivity index (χ3v) is 5.80. The molecule has 2 bridgehead atoms. The molecular formula is C19H17NO3. The van der Waals surface area contributed by atoms with Crippen molar-refractivity contribution < 1.29 is 14.3 Å². The van der Waals surface area contributed by atoms with Crippen molar-refractivity contribution in [2.45, 2.75) is 18.9 Å². The van der Waals surface area contributed by atoms with Crippen molar-refractivity contribution in [2.75, 3.05) is 5.32 Å². The number of hydrogen-bond acceptors (Lipinski definition) is 3. The van der Waals surface area contributed by atoms with Gasteiger partial charge in [-0.15, -0.1) is 0 Å². The number of carbonyl (C=O) groups is 2. The topological polar surface area (TPSA) is 55.4 Å². The van der Waals surface area contributed by atoms with Gasteiger partial charge in [0.1, 0.15) is 6.10 Å². The molecule has 2 aromatic rings.